The van der Waals surface area contributed by atoms with Gasteiger partial charge in [0.15, 0.2) is 0 Å². The lowest BCUT2D eigenvalue weighted by molar-refractivity contribution is 0.551. The number of anilines is 1. The maximum absolute atomic E-state index is 6.52. The highest BCUT2D eigenvalue weighted by atomic mass is 35.5. The molecular weight excluding hydrogens is 300 g/mol. The van der Waals surface area contributed by atoms with Crippen molar-refractivity contribution in [1.29, 1.82) is 0 Å². The van der Waals surface area contributed by atoms with Gasteiger partial charge in [0.25, 0.3) is 0 Å². The molecular formula is C17H27ClN2S. The first-order valence-corrected chi connectivity index (χ1v) is 9.39. The van der Waals surface area contributed by atoms with Crippen molar-refractivity contribution >= 4 is 29.1 Å². The van der Waals surface area contributed by atoms with E-state index in [9.17, 15) is 0 Å². The third-order valence-electron chi connectivity index (χ3n) is 3.85. The van der Waals surface area contributed by atoms with Gasteiger partial charge in [-0.05, 0) is 30.5 Å². The second-order valence-corrected chi connectivity index (χ2v) is 7.93. The number of hydrogen-bond donors (Lipinski definition) is 1. The summed E-state index contributed by atoms with van der Waals surface area (Å²) in [5.74, 6) is 1.87. The van der Waals surface area contributed by atoms with Crippen molar-refractivity contribution in [3.05, 3.63) is 28.8 Å². The molecule has 1 aromatic rings. The van der Waals surface area contributed by atoms with Crippen LogP contribution < -0.4 is 10.2 Å². The molecule has 1 heterocycles. The van der Waals surface area contributed by atoms with E-state index in [2.05, 4.69) is 54.9 Å². The Balaban J connectivity index is 2.13. The minimum absolute atomic E-state index is 0.670. The summed E-state index contributed by atoms with van der Waals surface area (Å²) in [6.45, 7) is 10.9. The van der Waals surface area contributed by atoms with Crippen molar-refractivity contribution in [2.24, 2.45) is 5.92 Å². The van der Waals surface area contributed by atoms with Crippen LogP contribution in [0.3, 0.4) is 0 Å². The zero-order chi connectivity index (χ0) is 15.2. The molecule has 2 rings (SSSR count). The van der Waals surface area contributed by atoms with Crippen molar-refractivity contribution in [3.8, 4) is 0 Å². The molecule has 1 unspecified atom stereocenters. The molecule has 0 amide bonds. The van der Waals surface area contributed by atoms with Gasteiger partial charge in [-0.1, -0.05) is 44.5 Å². The molecule has 1 atom stereocenters. The normalized spacial score (nSPS) is 19.3. The summed E-state index contributed by atoms with van der Waals surface area (Å²) in [6, 6.07) is 6.29. The summed E-state index contributed by atoms with van der Waals surface area (Å²) in [7, 11) is 0. The summed E-state index contributed by atoms with van der Waals surface area (Å²) in [4.78, 5) is 2.49. The molecule has 118 valence electrons. The van der Waals surface area contributed by atoms with Crippen molar-refractivity contribution < 1.29 is 0 Å². The number of thioether (sulfide) groups is 1. The van der Waals surface area contributed by atoms with Crippen molar-refractivity contribution in [3.63, 3.8) is 0 Å². The van der Waals surface area contributed by atoms with E-state index in [-0.39, 0.29) is 0 Å². The second-order valence-electron chi connectivity index (χ2n) is 6.12. The number of benzene rings is 1. The number of nitrogens with zero attached hydrogens (tertiary/aromatic N) is 1. The first-order valence-electron chi connectivity index (χ1n) is 7.96. The van der Waals surface area contributed by atoms with Crippen LogP contribution in [0.4, 0.5) is 5.69 Å². The number of nitrogens with one attached hydrogen (secondary N) is 1. The van der Waals surface area contributed by atoms with Gasteiger partial charge in [-0.25, -0.2) is 0 Å². The molecule has 0 radical (unpaired) electrons. The number of rotatable bonds is 6. The maximum atomic E-state index is 6.52. The molecule has 0 aliphatic carbocycles. The standard InChI is InChI=1S/C17H27ClN2S/c1-4-15-12-20(8-9-21-15)17-14(6-5-7-16(17)18)11-19-10-13(2)3/h5-7,13,15,19H,4,8-12H2,1-3H3. The smallest absolute Gasteiger partial charge is 0.0642 e. The fourth-order valence-electron chi connectivity index (χ4n) is 2.72. The third-order valence-corrected chi connectivity index (χ3v) is 5.53. The van der Waals surface area contributed by atoms with Crippen LogP contribution in [0.25, 0.3) is 0 Å². The molecule has 4 heteroatoms. The summed E-state index contributed by atoms with van der Waals surface area (Å²) in [5, 5.41) is 5.16. The van der Waals surface area contributed by atoms with Gasteiger partial charge in [0.2, 0.25) is 0 Å². The van der Waals surface area contributed by atoms with Gasteiger partial charge in [-0.3, -0.25) is 0 Å². The van der Waals surface area contributed by atoms with Crippen molar-refractivity contribution in [2.45, 2.75) is 39.0 Å². The zero-order valence-electron chi connectivity index (χ0n) is 13.4. The molecule has 1 saturated heterocycles. The quantitative estimate of drug-likeness (QED) is 0.833. The third kappa shape index (κ3) is 4.80. The molecule has 1 N–H and O–H groups in total. The molecule has 1 aliphatic heterocycles. The highest BCUT2D eigenvalue weighted by molar-refractivity contribution is 8.00. The van der Waals surface area contributed by atoms with Gasteiger partial charge in [-0.15, -0.1) is 0 Å². The average molecular weight is 327 g/mol. The van der Waals surface area contributed by atoms with Crippen LogP contribution in [0.2, 0.25) is 5.02 Å². The fourth-order valence-corrected chi connectivity index (χ4v) is 4.22. The average Bonchev–Trinajstić information content (AvgIpc) is 2.47. The van der Waals surface area contributed by atoms with E-state index >= 15 is 0 Å². The summed E-state index contributed by atoms with van der Waals surface area (Å²) in [6.07, 6.45) is 1.23. The lowest BCUT2D eigenvalue weighted by Gasteiger charge is -2.35. The largest absolute Gasteiger partial charge is 0.368 e. The van der Waals surface area contributed by atoms with Crippen LogP contribution in [0, 0.1) is 5.92 Å². The summed E-state index contributed by atoms with van der Waals surface area (Å²) in [5.41, 5.74) is 2.57. The lowest BCUT2D eigenvalue weighted by Crippen LogP contribution is -2.38. The Morgan fingerprint density at radius 3 is 2.95 bits per heavy atom. The fraction of sp³-hybridized carbons (Fsp3) is 0.647. The molecule has 1 aliphatic rings. The minimum atomic E-state index is 0.670. The molecule has 1 aromatic carbocycles. The van der Waals surface area contributed by atoms with E-state index in [1.807, 2.05) is 6.07 Å². The van der Waals surface area contributed by atoms with Gasteiger partial charge in [0, 0.05) is 30.6 Å². The van der Waals surface area contributed by atoms with E-state index in [0.29, 0.717) is 5.92 Å². The first kappa shape index (κ1) is 17.0. The first-order chi connectivity index (χ1) is 10.1. The molecule has 0 aromatic heterocycles. The van der Waals surface area contributed by atoms with E-state index in [1.165, 1.54) is 23.4 Å². The van der Waals surface area contributed by atoms with Crippen LogP contribution >= 0.6 is 23.4 Å². The Morgan fingerprint density at radius 1 is 1.43 bits per heavy atom. The minimum Gasteiger partial charge on any atom is -0.368 e. The number of hydrogen-bond acceptors (Lipinski definition) is 3. The van der Waals surface area contributed by atoms with Crippen LogP contribution in [-0.4, -0.2) is 30.6 Å². The topological polar surface area (TPSA) is 15.3 Å². The Labute approximate surface area is 138 Å². The van der Waals surface area contributed by atoms with Gasteiger partial charge in [0.05, 0.1) is 10.7 Å². The summed E-state index contributed by atoms with van der Waals surface area (Å²) >= 11 is 8.61. The molecule has 0 bridgehead atoms. The van der Waals surface area contributed by atoms with Crippen molar-refractivity contribution in [2.75, 3.05) is 30.3 Å². The number of halogens is 1. The monoisotopic (exact) mass is 326 g/mol. The maximum Gasteiger partial charge on any atom is 0.0642 e. The highest BCUT2D eigenvalue weighted by Crippen LogP contribution is 2.33. The number of para-hydroxylation sites is 1. The van der Waals surface area contributed by atoms with Gasteiger partial charge < -0.3 is 10.2 Å². The van der Waals surface area contributed by atoms with Gasteiger partial charge in [-0.2, -0.15) is 11.8 Å². The second kappa shape index (κ2) is 8.30. The summed E-state index contributed by atoms with van der Waals surface area (Å²) < 4.78 is 0. The van der Waals surface area contributed by atoms with Crippen LogP contribution in [0.15, 0.2) is 18.2 Å². The van der Waals surface area contributed by atoms with Gasteiger partial charge >= 0.3 is 0 Å². The van der Waals surface area contributed by atoms with Gasteiger partial charge in [0.1, 0.15) is 0 Å². The Morgan fingerprint density at radius 2 is 2.24 bits per heavy atom. The van der Waals surface area contributed by atoms with Crippen LogP contribution in [-0.2, 0) is 6.54 Å². The highest BCUT2D eigenvalue weighted by Gasteiger charge is 2.22. The van der Waals surface area contributed by atoms with Crippen LogP contribution in [0.1, 0.15) is 32.8 Å². The SMILES string of the molecule is CCC1CN(c2c(Cl)cccc2CNCC(C)C)CCS1. The molecule has 21 heavy (non-hydrogen) atoms. The molecule has 2 nitrogen and oxygen atoms in total. The van der Waals surface area contributed by atoms with E-state index in [1.54, 1.807) is 0 Å². The Hall–Kier alpha value is -0.380. The van der Waals surface area contributed by atoms with Crippen molar-refractivity contribution in [1.82, 2.24) is 5.32 Å². The Kier molecular flexibility index (Phi) is 6.72. The molecule has 1 fully saturated rings. The molecule has 0 saturated carbocycles. The predicted molar refractivity (Wildman–Crippen MR) is 96.7 cm³/mol. The molecule has 0 spiro atoms. The van der Waals surface area contributed by atoms with E-state index in [4.69, 9.17) is 11.6 Å². The van der Waals surface area contributed by atoms with Crippen LogP contribution in [0.5, 0.6) is 0 Å². The lowest BCUT2D eigenvalue weighted by atomic mass is 10.1. The zero-order valence-corrected chi connectivity index (χ0v) is 14.9. The van der Waals surface area contributed by atoms with E-state index in [0.717, 1.165) is 36.5 Å². The Bertz CT molecular complexity index is 450. The predicted octanol–water partition coefficient (Wildman–Crippen LogP) is 4.42. The van der Waals surface area contributed by atoms with E-state index < -0.39 is 0 Å².